The molecule has 0 N–H and O–H groups in total. The van der Waals surface area contributed by atoms with E-state index < -0.39 is 0 Å². The summed E-state index contributed by atoms with van der Waals surface area (Å²) in [5.74, 6) is 3.34. The van der Waals surface area contributed by atoms with Gasteiger partial charge in [0.2, 0.25) is 0 Å². The van der Waals surface area contributed by atoms with E-state index in [0.29, 0.717) is 0 Å². The minimum Gasteiger partial charge on any atom is -0.497 e. The lowest BCUT2D eigenvalue weighted by molar-refractivity contribution is 0.108. The molecule has 0 aliphatic heterocycles. The molecular formula is C17H15BrO2. The van der Waals surface area contributed by atoms with E-state index in [9.17, 15) is 0 Å². The van der Waals surface area contributed by atoms with Gasteiger partial charge in [-0.2, -0.15) is 0 Å². The van der Waals surface area contributed by atoms with E-state index in [4.69, 9.17) is 15.9 Å². The van der Waals surface area contributed by atoms with Crippen LogP contribution in [0.4, 0.5) is 0 Å². The van der Waals surface area contributed by atoms with E-state index in [1.54, 1.807) is 7.11 Å². The fourth-order valence-electron chi connectivity index (χ4n) is 1.93. The molecular weight excluding hydrogens is 316 g/mol. The van der Waals surface area contributed by atoms with Gasteiger partial charge in [0.25, 0.3) is 0 Å². The molecule has 0 heterocycles. The molecule has 1 atom stereocenters. The maximum atomic E-state index is 5.78. The van der Waals surface area contributed by atoms with Crippen LogP contribution in [0.5, 0.6) is 5.75 Å². The predicted octanol–water partition coefficient (Wildman–Crippen LogP) is 4.20. The molecule has 0 fully saturated rings. The number of halogens is 1. The van der Waals surface area contributed by atoms with Crippen LogP contribution in [-0.2, 0) is 4.74 Å². The third kappa shape index (κ3) is 3.63. The van der Waals surface area contributed by atoms with Crippen molar-refractivity contribution in [2.75, 3.05) is 13.7 Å². The second-order valence-electron chi connectivity index (χ2n) is 4.22. The predicted molar refractivity (Wildman–Crippen MR) is 83.8 cm³/mol. The average molecular weight is 331 g/mol. The molecule has 0 saturated carbocycles. The Morgan fingerprint density at radius 1 is 1.05 bits per heavy atom. The molecule has 1 unspecified atom stereocenters. The van der Waals surface area contributed by atoms with Crippen LogP contribution in [0.15, 0.2) is 53.0 Å². The van der Waals surface area contributed by atoms with E-state index in [1.165, 1.54) is 0 Å². The lowest BCUT2D eigenvalue weighted by atomic mass is 10.0. The van der Waals surface area contributed by atoms with Crippen molar-refractivity contribution in [3.63, 3.8) is 0 Å². The van der Waals surface area contributed by atoms with Gasteiger partial charge in [-0.1, -0.05) is 46.1 Å². The first-order valence-electron chi connectivity index (χ1n) is 6.19. The second kappa shape index (κ2) is 7.14. The molecule has 0 amide bonds. The fraction of sp³-hybridized carbons (Fsp3) is 0.176. The van der Waals surface area contributed by atoms with E-state index in [1.807, 2.05) is 48.5 Å². The Labute approximate surface area is 127 Å². The highest BCUT2D eigenvalue weighted by Crippen LogP contribution is 2.28. The van der Waals surface area contributed by atoms with Crippen LogP contribution < -0.4 is 4.74 Å². The Balaban J connectivity index is 2.30. The first-order valence-corrected chi connectivity index (χ1v) is 6.98. The number of hydrogen-bond donors (Lipinski definition) is 0. The van der Waals surface area contributed by atoms with Crippen LogP contribution in [-0.4, -0.2) is 13.7 Å². The summed E-state index contributed by atoms with van der Waals surface area (Å²) in [7, 11) is 1.65. The maximum absolute atomic E-state index is 5.78. The van der Waals surface area contributed by atoms with Gasteiger partial charge >= 0.3 is 0 Å². The van der Waals surface area contributed by atoms with Crippen molar-refractivity contribution in [3.05, 3.63) is 64.1 Å². The third-order valence-corrected chi connectivity index (χ3v) is 3.45. The molecule has 0 spiro atoms. The van der Waals surface area contributed by atoms with Gasteiger partial charge in [-0.25, -0.2) is 0 Å². The van der Waals surface area contributed by atoms with Crippen LogP contribution in [0.2, 0.25) is 0 Å². The lowest BCUT2D eigenvalue weighted by Gasteiger charge is -2.18. The van der Waals surface area contributed by atoms with Gasteiger partial charge in [-0.3, -0.25) is 0 Å². The zero-order chi connectivity index (χ0) is 14.4. The van der Waals surface area contributed by atoms with Crippen molar-refractivity contribution in [2.45, 2.75) is 6.10 Å². The molecule has 2 aromatic carbocycles. The van der Waals surface area contributed by atoms with Crippen molar-refractivity contribution in [1.82, 2.24) is 0 Å². The van der Waals surface area contributed by atoms with Gasteiger partial charge < -0.3 is 9.47 Å². The van der Waals surface area contributed by atoms with Gasteiger partial charge in [0.05, 0.1) is 7.11 Å². The van der Waals surface area contributed by atoms with E-state index in [0.717, 1.165) is 21.3 Å². The van der Waals surface area contributed by atoms with Crippen molar-refractivity contribution < 1.29 is 9.47 Å². The molecule has 0 aromatic heterocycles. The minimum atomic E-state index is -0.176. The summed E-state index contributed by atoms with van der Waals surface area (Å²) >= 11 is 3.43. The Hall–Kier alpha value is -1.76. The van der Waals surface area contributed by atoms with Crippen LogP contribution in [0.25, 0.3) is 0 Å². The Morgan fingerprint density at radius 2 is 1.60 bits per heavy atom. The Kier molecular flexibility index (Phi) is 5.23. The second-order valence-corrected chi connectivity index (χ2v) is 5.14. The first-order chi connectivity index (χ1) is 9.74. The monoisotopic (exact) mass is 330 g/mol. The molecule has 2 aromatic rings. The van der Waals surface area contributed by atoms with Gasteiger partial charge in [-0.15, -0.1) is 6.42 Å². The fourth-order valence-corrected chi connectivity index (χ4v) is 2.20. The van der Waals surface area contributed by atoms with E-state index in [2.05, 4.69) is 21.9 Å². The molecule has 2 nitrogen and oxygen atoms in total. The number of benzene rings is 2. The highest BCUT2D eigenvalue weighted by molar-refractivity contribution is 9.10. The first kappa shape index (κ1) is 14.6. The zero-order valence-corrected chi connectivity index (χ0v) is 12.8. The smallest absolute Gasteiger partial charge is 0.118 e. The molecule has 0 bridgehead atoms. The minimum absolute atomic E-state index is 0.176. The van der Waals surface area contributed by atoms with Crippen molar-refractivity contribution in [2.24, 2.45) is 0 Å². The molecule has 2 rings (SSSR count). The van der Waals surface area contributed by atoms with Gasteiger partial charge in [0.15, 0.2) is 0 Å². The standard InChI is InChI=1S/C17H15BrO2/c1-3-12-20-17(13-4-8-15(18)9-5-13)14-6-10-16(19-2)11-7-14/h1,4-11,17H,12H2,2H3. The Morgan fingerprint density at radius 3 is 2.10 bits per heavy atom. The van der Waals surface area contributed by atoms with Crippen LogP contribution in [0.1, 0.15) is 17.2 Å². The highest BCUT2D eigenvalue weighted by atomic mass is 79.9. The summed E-state index contributed by atoms with van der Waals surface area (Å²) in [5.41, 5.74) is 2.11. The van der Waals surface area contributed by atoms with Crippen LogP contribution in [0, 0.1) is 12.3 Å². The zero-order valence-electron chi connectivity index (χ0n) is 11.2. The topological polar surface area (TPSA) is 18.5 Å². The SMILES string of the molecule is C#CCOC(c1ccc(Br)cc1)c1ccc(OC)cc1. The maximum Gasteiger partial charge on any atom is 0.118 e. The molecule has 20 heavy (non-hydrogen) atoms. The third-order valence-electron chi connectivity index (χ3n) is 2.92. The molecule has 102 valence electrons. The number of terminal acetylenes is 1. The van der Waals surface area contributed by atoms with Gasteiger partial charge in [-0.05, 0) is 35.4 Å². The van der Waals surface area contributed by atoms with Crippen LogP contribution in [0.3, 0.4) is 0 Å². The summed E-state index contributed by atoms with van der Waals surface area (Å²) < 4.78 is 12.0. The Bertz CT molecular complexity index is 582. The summed E-state index contributed by atoms with van der Waals surface area (Å²) in [5, 5.41) is 0. The number of hydrogen-bond acceptors (Lipinski definition) is 2. The number of rotatable bonds is 5. The highest BCUT2D eigenvalue weighted by Gasteiger charge is 2.14. The summed E-state index contributed by atoms with van der Waals surface area (Å²) in [4.78, 5) is 0. The summed E-state index contributed by atoms with van der Waals surface area (Å²) in [6.07, 6.45) is 5.12. The lowest BCUT2D eigenvalue weighted by Crippen LogP contribution is -2.06. The van der Waals surface area contributed by atoms with Gasteiger partial charge in [0.1, 0.15) is 18.5 Å². The van der Waals surface area contributed by atoms with Crippen molar-refractivity contribution in [1.29, 1.82) is 0 Å². The molecule has 0 aliphatic carbocycles. The van der Waals surface area contributed by atoms with Crippen molar-refractivity contribution >= 4 is 15.9 Å². The molecule has 3 heteroatoms. The average Bonchev–Trinajstić information content (AvgIpc) is 2.50. The quantitative estimate of drug-likeness (QED) is 0.765. The normalized spacial score (nSPS) is 11.7. The number of ether oxygens (including phenoxy) is 2. The van der Waals surface area contributed by atoms with E-state index in [-0.39, 0.29) is 12.7 Å². The number of methoxy groups -OCH3 is 1. The molecule has 0 saturated heterocycles. The van der Waals surface area contributed by atoms with Gasteiger partial charge in [0, 0.05) is 4.47 Å². The van der Waals surface area contributed by atoms with Crippen LogP contribution >= 0.6 is 15.9 Å². The summed E-state index contributed by atoms with van der Waals surface area (Å²) in [6, 6.07) is 15.8. The largest absolute Gasteiger partial charge is 0.497 e. The van der Waals surface area contributed by atoms with Crippen molar-refractivity contribution in [3.8, 4) is 18.1 Å². The molecule has 0 radical (unpaired) electrons. The van der Waals surface area contributed by atoms with E-state index >= 15 is 0 Å². The summed E-state index contributed by atoms with van der Waals surface area (Å²) in [6.45, 7) is 0.271. The molecule has 0 aliphatic rings.